The maximum atomic E-state index is 10.9. The van der Waals surface area contributed by atoms with Crippen LogP contribution < -0.4 is 4.90 Å². The Morgan fingerprint density at radius 2 is 2.33 bits per heavy atom. The van der Waals surface area contributed by atoms with Crippen molar-refractivity contribution in [1.29, 1.82) is 0 Å². The van der Waals surface area contributed by atoms with Crippen molar-refractivity contribution >= 4 is 11.7 Å². The highest BCUT2D eigenvalue weighted by atomic mass is 16.5. The molecule has 0 aliphatic carbocycles. The first kappa shape index (κ1) is 12.8. The van der Waals surface area contributed by atoms with Crippen molar-refractivity contribution in [2.75, 3.05) is 18.0 Å². The van der Waals surface area contributed by atoms with Crippen LogP contribution in [-0.4, -0.2) is 40.9 Å². The first-order chi connectivity index (χ1) is 8.37. The van der Waals surface area contributed by atoms with E-state index in [-0.39, 0.29) is 17.4 Å². The maximum Gasteiger partial charge on any atom is 0.354 e. The quantitative estimate of drug-likeness (QED) is 0.867. The van der Waals surface area contributed by atoms with Crippen LogP contribution in [-0.2, 0) is 4.74 Å². The summed E-state index contributed by atoms with van der Waals surface area (Å²) < 4.78 is 5.83. The van der Waals surface area contributed by atoms with Gasteiger partial charge in [-0.3, -0.25) is 0 Å². The number of ether oxygens (including phenoxy) is 1. The number of rotatable bonds is 2. The highest BCUT2D eigenvalue weighted by molar-refractivity contribution is 5.86. The van der Waals surface area contributed by atoms with E-state index in [1.165, 1.54) is 6.20 Å². The van der Waals surface area contributed by atoms with Gasteiger partial charge in [-0.05, 0) is 32.9 Å². The van der Waals surface area contributed by atoms with Crippen LogP contribution >= 0.6 is 0 Å². The molecule has 1 atom stereocenters. The van der Waals surface area contributed by atoms with Gasteiger partial charge in [0.2, 0.25) is 0 Å². The molecule has 1 unspecified atom stereocenters. The van der Waals surface area contributed by atoms with Crippen LogP contribution in [0.5, 0.6) is 0 Å². The van der Waals surface area contributed by atoms with E-state index < -0.39 is 5.97 Å². The number of aromatic carboxylic acids is 1. The number of carbonyl (C=O) groups is 1. The van der Waals surface area contributed by atoms with Crippen LogP contribution in [0.1, 0.15) is 31.3 Å². The molecule has 0 bridgehead atoms. The number of carboxylic acids is 1. The standard InChI is InChI=1S/C13H18N2O3/c1-9-7-15(8-13(2,3)18-9)10-4-5-14-11(6-10)12(16)17/h4-6,9H,7-8H2,1-3H3,(H,16,17). The molecule has 98 valence electrons. The summed E-state index contributed by atoms with van der Waals surface area (Å²) in [5.74, 6) is -1.00. The smallest absolute Gasteiger partial charge is 0.354 e. The predicted octanol–water partition coefficient (Wildman–Crippen LogP) is 1.78. The first-order valence-electron chi connectivity index (χ1n) is 5.99. The SMILES string of the molecule is CC1CN(c2ccnc(C(=O)O)c2)CC(C)(C)O1. The maximum absolute atomic E-state index is 10.9. The molecule has 1 saturated heterocycles. The van der Waals surface area contributed by atoms with Gasteiger partial charge in [0.15, 0.2) is 0 Å². The predicted molar refractivity (Wildman–Crippen MR) is 68.0 cm³/mol. The zero-order chi connectivity index (χ0) is 13.3. The summed E-state index contributed by atoms with van der Waals surface area (Å²) in [5, 5.41) is 8.96. The van der Waals surface area contributed by atoms with Gasteiger partial charge >= 0.3 is 5.97 Å². The van der Waals surface area contributed by atoms with E-state index in [9.17, 15) is 4.79 Å². The summed E-state index contributed by atoms with van der Waals surface area (Å²) in [7, 11) is 0. The van der Waals surface area contributed by atoms with Crippen molar-refractivity contribution in [2.45, 2.75) is 32.5 Å². The van der Waals surface area contributed by atoms with E-state index >= 15 is 0 Å². The third kappa shape index (κ3) is 2.79. The molecular formula is C13H18N2O3. The van der Waals surface area contributed by atoms with Crippen LogP contribution in [0.2, 0.25) is 0 Å². The fourth-order valence-corrected chi connectivity index (χ4v) is 2.38. The molecule has 1 aliphatic heterocycles. The molecule has 1 N–H and O–H groups in total. The molecular weight excluding hydrogens is 232 g/mol. The molecule has 1 aromatic rings. The minimum absolute atomic E-state index is 0.0736. The molecule has 0 radical (unpaired) electrons. The van der Waals surface area contributed by atoms with E-state index in [4.69, 9.17) is 9.84 Å². The van der Waals surface area contributed by atoms with Crippen LogP contribution in [0.4, 0.5) is 5.69 Å². The van der Waals surface area contributed by atoms with Crippen molar-refractivity contribution in [3.8, 4) is 0 Å². The molecule has 0 spiro atoms. The summed E-state index contributed by atoms with van der Waals surface area (Å²) in [6.07, 6.45) is 1.65. The lowest BCUT2D eigenvalue weighted by atomic mass is 10.0. The second-order valence-electron chi connectivity index (χ2n) is 5.27. The van der Waals surface area contributed by atoms with Gasteiger partial charge in [-0.1, -0.05) is 0 Å². The van der Waals surface area contributed by atoms with Crippen molar-refractivity contribution in [1.82, 2.24) is 4.98 Å². The Morgan fingerprint density at radius 1 is 1.61 bits per heavy atom. The van der Waals surface area contributed by atoms with Gasteiger partial charge in [-0.25, -0.2) is 9.78 Å². The van der Waals surface area contributed by atoms with Crippen molar-refractivity contribution < 1.29 is 14.6 Å². The van der Waals surface area contributed by atoms with Gasteiger partial charge in [0, 0.05) is 25.0 Å². The highest BCUT2D eigenvalue weighted by Crippen LogP contribution is 2.25. The number of morpholine rings is 1. The minimum atomic E-state index is -1.00. The second-order valence-corrected chi connectivity index (χ2v) is 5.27. The first-order valence-corrected chi connectivity index (χ1v) is 5.99. The minimum Gasteiger partial charge on any atom is -0.477 e. The summed E-state index contributed by atoms with van der Waals surface area (Å²) >= 11 is 0. The Hall–Kier alpha value is -1.62. The lowest BCUT2D eigenvalue weighted by molar-refractivity contribution is -0.0749. The Morgan fingerprint density at radius 3 is 2.94 bits per heavy atom. The summed E-state index contributed by atoms with van der Waals surface area (Å²) in [6.45, 7) is 7.59. The Labute approximate surface area is 106 Å². The Kier molecular flexibility index (Phi) is 3.26. The number of pyridine rings is 1. The van der Waals surface area contributed by atoms with Crippen molar-refractivity contribution in [3.63, 3.8) is 0 Å². The third-order valence-corrected chi connectivity index (χ3v) is 2.90. The number of carboxylic acid groups (broad SMARTS) is 1. The monoisotopic (exact) mass is 250 g/mol. The highest BCUT2D eigenvalue weighted by Gasteiger charge is 2.31. The van der Waals surface area contributed by atoms with Gasteiger partial charge in [-0.2, -0.15) is 0 Å². The molecule has 2 heterocycles. The number of nitrogens with zero attached hydrogens (tertiary/aromatic N) is 2. The summed E-state index contributed by atoms with van der Waals surface area (Å²) in [4.78, 5) is 16.9. The van der Waals surface area contributed by atoms with E-state index in [1.54, 1.807) is 6.07 Å². The van der Waals surface area contributed by atoms with E-state index in [0.717, 1.165) is 18.8 Å². The molecule has 1 aliphatic rings. The average Bonchev–Trinajstić information content (AvgIpc) is 2.26. The molecule has 5 heteroatoms. The molecule has 0 amide bonds. The lowest BCUT2D eigenvalue weighted by Gasteiger charge is -2.42. The lowest BCUT2D eigenvalue weighted by Crippen LogP contribution is -2.52. The van der Waals surface area contributed by atoms with Crippen LogP contribution in [0.3, 0.4) is 0 Å². The van der Waals surface area contributed by atoms with Crippen LogP contribution in [0, 0.1) is 0 Å². The van der Waals surface area contributed by atoms with Gasteiger partial charge < -0.3 is 14.7 Å². The Balaban J connectivity index is 2.25. The molecule has 1 aromatic heterocycles. The zero-order valence-corrected chi connectivity index (χ0v) is 10.9. The number of aromatic nitrogens is 1. The molecule has 5 nitrogen and oxygen atoms in total. The largest absolute Gasteiger partial charge is 0.477 e. The Bertz CT molecular complexity index is 459. The summed E-state index contributed by atoms with van der Waals surface area (Å²) in [6, 6.07) is 3.44. The normalized spacial score (nSPS) is 22.8. The fourth-order valence-electron chi connectivity index (χ4n) is 2.38. The van der Waals surface area contributed by atoms with Crippen molar-refractivity contribution in [2.24, 2.45) is 0 Å². The van der Waals surface area contributed by atoms with E-state index in [1.807, 2.05) is 26.8 Å². The van der Waals surface area contributed by atoms with Crippen LogP contribution in [0.25, 0.3) is 0 Å². The number of hydrogen-bond acceptors (Lipinski definition) is 4. The average molecular weight is 250 g/mol. The summed E-state index contributed by atoms with van der Waals surface area (Å²) in [5.41, 5.74) is 0.722. The molecule has 0 aromatic carbocycles. The van der Waals surface area contributed by atoms with Gasteiger partial charge in [-0.15, -0.1) is 0 Å². The van der Waals surface area contributed by atoms with Crippen molar-refractivity contribution in [3.05, 3.63) is 24.0 Å². The molecule has 2 rings (SSSR count). The van der Waals surface area contributed by atoms with Crippen LogP contribution in [0.15, 0.2) is 18.3 Å². The zero-order valence-electron chi connectivity index (χ0n) is 10.9. The molecule has 18 heavy (non-hydrogen) atoms. The van der Waals surface area contributed by atoms with Gasteiger partial charge in [0.05, 0.1) is 11.7 Å². The number of hydrogen-bond donors (Lipinski definition) is 1. The number of anilines is 1. The van der Waals surface area contributed by atoms with Gasteiger partial charge in [0.1, 0.15) is 5.69 Å². The topological polar surface area (TPSA) is 62.7 Å². The fraction of sp³-hybridized carbons (Fsp3) is 0.538. The second kappa shape index (κ2) is 4.57. The third-order valence-electron chi connectivity index (χ3n) is 2.90. The van der Waals surface area contributed by atoms with E-state index in [2.05, 4.69) is 9.88 Å². The van der Waals surface area contributed by atoms with E-state index in [0.29, 0.717) is 0 Å². The molecule has 0 saturated carbocycles. The molecule has 1 fully saturated rings. The van der Waals surface area contributed by atoms with Gasteiger partial charge in [0.25, 0.3) is 0 Å².